The Morgan fingerprint density at radius 1 is 1.29 bits per heavy atom. The van der Waals surface area contributed by atoms with E-state index in [2.05, 4.69) is 48.8 Å². The largest absolute Gasteiger partial charge is 0.313 e. The summed E-state index contributed by atoms with van der Waals surface area (Å²) >= 11 is 1.90. The Balaban J connectivity index is 1.77. The quantitative estimate of drug-likeness (QED) is 0.768. The maximum atomic E-state index is 3.84. The first-order valence-corrected chi connectivity index (χ1v) is 9.34. The second-order valence-electron chi connectivity index (χ2n) is 6.70. The highest BCUT2D eigenvalue weighted by molar-refractivity contribution is 7.17. The van der Waals surface area contributed by atoms with Gasteiger partial charge in [0, 0.05) is 10.7 Å². The second-order valence-corrected chi connectivity index (χ2v) is 7.61. The summed E-state index contributed by atoms with van der Waals surface area (Å²) in [5, 5.41) is 7.69. The van der Waals surface area contributed by atoms with Crippen molar-refractivity contribution in [2.75, 3.05) is 6.54 Å². The highest BCUT2D eigenvalue weighted by Gasteiger charge is 2.28. The van der Waals surface area contributed by atoms with Crippen LogP contribution in [-0.2, 0) is 6.42 Å². The monoisotopic (exact) mass is 301 g/mol. The van der Waals surface area contributed by atoms with Crippen molar-refractivity contribution in [3.63, 3.8) is 0 Å². The summed E-state index contributed by atoms with van der Waals surface area (Å²) in [5.41, 5.74) is 1.55. The van der Waals surface area contributed by atoms with Gasteiger partial charge >= 0.3 is 0 Å². The van der Waals surface area contributed by atoms with Crippen LogP contribution in [0.25, 0.3) is 10.1 Å². The molecule has 21 heavy (non-hydrogen) atoms. The summed E-state index contributed by atoms with van der Waals surface area (Å²) in [6, 6.07) is 9.51. The Bertz CT molecular complexity index is 574. The first-order valence-electron chi connectivity index (χ1n) is 8.46. The van der Waals surface area contributed by atoms with E-state index in [1.165, 1.54) is 42.2 Å². The summed E-state index contributed by atoms with van der Waals surface area (Å²) in [5.74, 6) is 1.78. The van der Waals surface area contributed by atoms with Gasteiger partial charge in [0.25, 0.3) is 0 Å². The molecule has 0 spiro atoms. The lowest BCUT2D eigenvalue weighted by Gasteiger charge is -2.25. The zero-order chi connectivity index (χ0) is 14.7. The molecule has 1 fully saturated rings. The maximum absolute atomic E-state index is 3.84. The van der Waals surface area contributed by atoms with Crippen molar-refractivity contribution in [3.05, 3.63) is 35.2 Å². The molecule has 3 rings (SSSR count). The fourth-order valence-electron chi connectivity index (χ4n) is 3.78. The number of benzene rings is 1. The molecule has 0 saturated heterocycles. The van der Waals surface area contributed by atoms with Crippen molar-refractivity contribution in [2.24, 2.45) is 11.8 Å². The van der Waals surface area contributed by atoms with E-state index in [1.807, 2.05) is 11.3 Å². The van der Waals surface area contributed by atoms with E-state index in [0.29, 0.717) is 6.04 Å². The SMILES string of the molecule is CCCNC(Cc1csc2ccccc12)C1CCC(C)C1. The minimum atomic E-state index is 0.660. The van der Waals surface area contributed by atoms with Gasteiger partial charge in [0.15, 0.2) is 0 Å². The van der Waals surface area contributed by atoms with E-state index in [0.717, 1.165) is 18.4 Å². The number of nitrogens with one attached hydrogen (secondary N) is 1. The van der Waals surface area contributed by atoms with Gasteiger partial charge in [-0.2, -0.15) is 0 Å². The van der Waals surface area contributed by atoms with Gasteiger partial charge in [0.05, 0.1) is 0 Å². The molecular formula is C19H27NS. The van der Waals surface area contributed by atoms with Crippen molar-refractivity contribution >= 4 is 21.4 Å². The molecule has 1 heterocycles. The van der Waals surface area contributed by atoms with Crippen LogP contribution in [0.15, 0.2) is 29.6 Å². The van der Waals surface area contributed by atoms with Gasteiger partial charge in [-0.15, -0.1) is 11.3 Å². The Kier molecular flexibility index (Phi) is 4.97. The van der Waals surface area contributed by atoms with Crippen molar-refractivity contribution in [3.8, 4) is 0 Å². The van der Waals surface area contributed by atoms with Crippen LogP contribution in [0.5, 0.6) is 0 Å². The highest BCUT2D eigenvalue weighted by Crippen LogP contribution is 2.35. The third kappa shape index (κ3) is 3.49. The van der Waals surface area contributed by atoms with Crippen molar-refractivity contribution in [2.45, 2.75) is 52.0 Å². The summed E-state index contributed by atoms with van der Waals surface area (Å²) in [4.78, 5) is 0. The number of hydrogen-bond acceptors (Lipinski definition) is 2. The zero-order valence-electron chi connectivity index (χ0n) is 13.3. The standard InChI is InChI=1S/C19H27NS/c1-3-10-20-18(15-9-8-14(2)11-15)12-16-13-21-19-7-5-4-6-17(16)19/h4-7,13-15,18,20H,3,8-12H2,1-2H3. The van der Waals surface area contributed by atoms with Crippen molar-refractivity contribution < 1.29 is 0 Å². The number of thiophene rings is 1. The van der Waals surface area contributed by atoms with Crippen LogP contribution in [0.3, 0.4) is 0 Å². The van der Waals surface area contributed by atoms with Gasteiger partial charge in [0.2, 0.25) is 0 Å². The van der Waals surface area contributed by atoms with E-state index in [9.17, 15) is 0 Å². The third-order valence-electron chi connectivity index (χ3n) is 4.96. The normalized spacial score (nSPS) is 23.7. The van der Waals surface area contributed by atoms with E-state index in [4.69, 9.17) is 0 Å². The molecular weight excluding hydrogens is 274 g/mol. The third-order valence-corrected chi connectivity index (χ3v) is 5.97. The van der Waals surface area contributed by atoms with Gasteiger partial charge in [-0.05, 0) is 66.5 Å². The molecule has 0 bridgehead atoms. The maximum Gasteiger partial charge on any atom is 0.0345 e. The van der Waals surface area contributed by atoms with Crippen LogP contribution in [0.1, 0.15) is 45.1 Å². The molecule has 0 aliphatic heterocycles. The summed E-state index contributed by atoms with van der Waals surface area (Å²) in [6.45, 7) is 5.83. The van der Waals surface area contributed by atoms with Crippen molar-refractivity contribution in [1.82, 2.24) is 5.32 Å². The molecule has 2 heteroatoms. The minimum Gasteiger partial charge on any atom is -0.313 e. The van der Waals surface area contributed by atoms with Crippen LogP contribution >= 0.6 is 11.3 Å². The lowest BCUT2D eigenvalue weighted by Crippen LogP contribution is -2.37. The molecule has 3 unspecified atom stereocenters. The van der Waals surface area contributed by atoms with Gasteiger partial charge in [-0.25, -0.2) is 0 Å². The Hall–Kier alpha value is -0.860. The average molecular weight is 301 g/mol. The van der Waals surface area contributed by atoms with E-state index < -0.39 is 0 Å². The summed E-state index contributed by atoms with van der Waals surface area (Å²) < 4.78 is 1.43. The topological polar surface area (TPSA) is 12.0 Å². The molecule has 1 aromatic carbocycles. The second kappa shape index (κ2) is 6.93. The molecule has 3 atom stereocenters. The fourth-order valence-corrected chi connectivity index (χ4v) is 4.76. The van der Waals surface area contributed by atoms with Crippen LogP contribution in [-0.4, -0.2) is 12.6 Å². The first kappa shape index (κ1) is 15.1. The summed E-state index contributed by atoms with van der Waals surface area (Å²) in [7, 11) is 0. The van der Waals surface area contributed by atoms with Crippen LogP contribution < -0.4 is 5.32 Å². The van der Waals surface area contributed by atoms with E-state index >= 15 is 0 Å². The van der Waals surface area contributed by atoms with Crippen LogP contribution in [0, 0.1) is 11.8 Å². The Morgan fingerprint density at radius 2 is 2.14 bits per heavy atom. The molecule has 1 saturated carbocycles. The molecule has 1 aliphatic rings. The van der Waals surface area contributed by atoms with Crippen LogP contribution in [0.2, 0.25) is 0 Å². The average Bonchev–Trinajstić information content (AvgIpc) is 3.10. The number of rotatable bonds is 6. The fraction of sp³-hybridized carbons (Fsp3) is 0.579. The Labute approximate surface area is 132 Å². The molecule has 1 N–H and O–H groups in total. The van der Waals surface area contributed by atoms with Gasteiger partial charge < -0.3 is 5.32 Å². The van der Waals surface area contributed by atoms with Gasteiger partial charge in [-0.3, -0.25) is 0 Å². The van der Waals surface area contributed by atoms with Gasteiger partial charge in [-0.1, -0.05) is 38.5 Å². The van der Waals surface area contributed by atoms with Gasteiger partial charge in [0.1, 0.15) is 0 Å². The summed E-state index contributed by atoms with van der Waals surface area (Å²) in [6.07, 6.45) is 6.65. The highest BCUT2D eigenvalue weighted by atomic mass is 32.1. The molecule has 1 nitrogen and oxygen atoms in total. The molecule has 1 aliphatic carbocycles. The molecule has 0 amide bonds. The molecule has 2 aromatic rings. The molecule has 114 valence electrons. The van der Waals surface area contributed by atoms with E-state index in [-0.39, 0.29) is 0 Å². The molecule has 1 aromatic heterocycles. The first-order chi connectivity index (χ1) is 10.3. The predicted octanol–water partition coefficient (Wildman–Crippen LogP) is 5.25. The van der Waals surface area contributed by atoms with E-state index in [1.54, 1.807) is 5.56 Å². The lowest BCUT2D eigenvalue weighted by molar-refractivity contribution is 0.349. The minimum absolute atomic E-state index is 0.660. The molecule has 0 radical (unpaired) electrons. The lowest BCUT2D eigenvalue weighted by atomic mass is 9.91. The van der Waals surface area contributed by atoms with Crippen LogP contribution in [0.4, 0.5) is 0 Å². The smallest absolute Gasteiger partial charge is 0.0345 e. The zero-order valence-corrected chi connectivity index (χ0v) is 14.1. The Morgan fingerprint density at radius 3 is 2.90 bits per heavy atom. The number of fused-ring (bicyclic) bond motifs is 1. The van der Waals surface area contributed by atoms with Crippen molar-refractivity contribution in [1.29, 1.82) is 0 Å². The number of hydrogen-bond donors (Lipinski definition) is 1. The predicted molar refractivity (Wildman–Crippen MR) is 94.1 cm³/mol.